The molecule has 0 saturated heterocycles. The molecule has 0 atom stereocenters. The zero-order valence-electron chi connectivity index (χ0n) is 18.9. The summed E-state index contributed by atoms with van der Waals surface area (Å²) in [6.07, 6.45) is 11.1. The number of carbonyl (C=O) groups is 4. The summed E-state index contributed by atoms with van der Waals surface area (Å²) in [5.41, 5.74) is 0. The topological polar surface area (TPSA) is 105 Å². The van der Waals surface area contributed by atoms with E-state index in [1.807, 2.05) is 0 Å². The van der Waals surface area contributed by atoms with Gasteiger partial charge in [-0.25, -0.2) is 0 Å². The Balaban J connectivity index is 3.72. The molecule has 8 nitrogen and oxygen atoms in total. The summed E-state index contributed by atoms with van der Waals surface area (Å²) in [4.78, 5) is 46.4. The molecule has 0 aromatic rings. The van der Waals surface area contributed by atoms with Crippen molar-refractivity contribution in [1.82, 2.24) is 0 Å². The van der Waals surface area contributed by atoms with Crippen LogP contribution < -0.4 is 0 Å². The molecule has 0 amide bonds. The van der Waals surface area contributed by atoms with Crippen molar-refractivity contribution in [1.29, 1.82) is 0 Å². The molecule has 0 aliphatic heterocycles. The molecule has 0 fully saturated rings. The normalized spacial score (nSPS) is 10.7. The Morgan fingerprint density at radius 1 is 0.433 bits per heavy atom. The molecule has 0 aliphatic rings. The van der Waals surface area contributed by atoms with E-state index < -0.39 is 35.7 Å². The third kappa shape index (κ3) is 11.8. The van der Waals surface area contributed by atoms with E-state index in [0.29, 0.717) is 12.8 Å². The molecule has 0 rings (SSSR count). The summed E-state index contributed by atoms with van der Waals surface area (Å²) >= 11 is 0. The predicted octanol–water partition coefficient (Wildman–Crippen LogP) is 3.59. The summed E-state index contributed by atoms with van der Waals surface area (Å²) in [7, 11) is 5.09. The Bertz CT molecular complexity index is 439. The number of hydrogen-bond acceptors (Lipinski definition) is 8. The lowest BCUT2D eigenvalue weighted by atomic mass is 9.99. The molecular weight excluding hydrogens is 392 g/mol. The van der Waals surface area contributed by atoms with Gasteiger partial charge in [0.05, 0.1) is 28.4 Å². The maximum Gasteiger partial charge on any atom is 0.320 e. The van der Waals surface area contributed by atoms with Crippen molar-refractivity contribution in [3.63, 3.8) is 0 Å². The van der Waals surface area contributed by atoms with E-state index in [0.717, 1.165) is 64.2 Å². The highest BCUT2D eigenvalue weighted by Gasteiger charge is 2.28. The molecule has 0 spiro atoms. The molecule has 174 valence electrons. The molecular formula is C22H38O8. The number of carbonyl (C=O) groups excluding carboxylic acids is 4. The first-order chi connectivity index (χ1) is 14.4. The van der Waals surface area contributed by atoms with E-state index in [-0.39, 0.29) is 0 Å². The zero-order valence-corrected chi connectivity index (χ0v) is 18.9. The van der Waals surface area contributed by atoms with Gasteiger partial charge in [0, 0.05) is 0 Å². The largest absolute Gasteiger partial charge is 0.468 e. The molecule has 0 unspecified atom stereocenters. The highest BCUT2D eigenvalue weighted by molar-refractivity contribution is 5.95. The molecule has 0 radical (unpaired) electrons. The maximum atomic E-state index is 11.6. The van der Waals surface area contributed by atoms with Gasteiger partial charge in [0.2, 0.25) is 0 Å². The quantitative estimate of drug-likeness (QED) is 0.149. The van der Waals surface area contributed by atoms with Crippen molar-refractivity contribution in [3.8, 4) is 0 Å². The van der Waals surface area contributed by atoms with Crippen LogP contribution in [0, 0.1) is 11.8 Å². The number of rotatable bonds is 17. The Hall–Kier alpha value is -2.12. The van der Waals surface area contributed by atoms with Gasteiger partial charge in [-0.2, -0.15) is 0 Å². The van der Waals surface area contributed by atoms with Gasteiger partial charge in [-0.15, -0.1) is 0 Å². The molecule has 0 bridgehead atoms. The van der Waals surface area contributed by atoms with Crippen LogP contribution in [0.15, 0.2) is 0 Å². The first-order valence-corrected chi connectivity index (χ1v) is 10.7. The van der Waals surface area contributed by atoms with Crippen molar-refractivity contribution in [2.24, 2.45) is 11.8 Å². The van der Waals surface area contributed by atoms with E-state index >= 15 is 0 Å². The van der Waals surface area contributed by atoms with Crippen molar-refractivity contribution in [2.75, 3.05) is 28.4 Å². The van der Waals surface area contributed by atoms with Crippen molar-refractivity contribution in [2.45, 2.75) is 77.0 Å². The lowest BCUT2D eigenvalue weighted by molar-refractivity contribution is -0.160. The zero-order chi connectivity index (χ0) is 22.8. The Morgan fingerprint density at radius 3 is 0.833 bits per heavy atom. The minimum Gasteiger partial charge on any atom is -0.468 e. The first kappa shape index (κ1) is 27.9. The fourth-order valence-electron chi connectivity index (χ4n) is 3.34. The molecule has 0 N–H and O–H groups in total. The highest BCUT2D eigenvalue weighted by Crippen LogP contribution is 2.17. The van der Waals surface area contributed by atoms with E-state index in [4.69, 9.17) is 0 Å². The second-order valence-electron chi connectivity index (χ2n) is 7.31. The third-order valence-corrected chi connectivity index (χ3v) is 5.18. The fourth-order valence-corrected chi connectivity index (χ4v) is 3.34. The number of esters is 4. The van der Waals surface area contributed by atoms with Gasteiger partial charge < -0.3 is 18.9 Å². The van der Waals surface area contributed by atoms with Crippen LogP contribution in [0.5, 0.6) is 0 Å². The van der Waals surface area contributed by atoms with Crippen LogP contribution in [0.1, 0.15) is 77.0 Å². The van der Waals surface area contributed by atoms with Crippen LogP contribution in [-0.4, -0.2) is 52.3 Å². The van der Waals surface area contributed by atoms with Gasteiger partial charge in [0.15, 0.2) is 11.8 Å². The van der Waals surface area contributed by atoms with Gasteiger partial charge in [0.1, 0.15) is 0 Å². The minimum atomic E-state index is -0.821. The van der Waals surface area contributed by atoms with E-state index in [9.17, 15) is 19.2 Å². The first-order valence-electron chi connectivity index (χ1n) is 10.7. The van der Waals surface area contributed by atoms with Gasteiger partial charge in [-0.05, 0) is 12.8 Å². The number of ether oxygens (including phenoxy) is 4. The minimum absolute atomic E-state index is 0.456. The summed E-state index contributed by atoms with van der Waals surface area (Å²) in [5.74, 6) is -3.79. The van der Waals surface area contributed by atoms with Crippen LogP contribution >= 0.6 is 0 Å². The van der Waals surface area contributed by atoms with Gasteiger partial charge in [0.25, 0.3) is 0 Å². The average molecular weight is 431 g/mol. The summed E-state index contributed by atoms with van der Waals surface area (Å²) in [6, 6.07) is 0. The Labute approximate surface area is 180 Å². The van der Waals surface area contributed by atoms with Crippen molar-refractivity contribution in [3.05, 3.63) is 0 Å². The van der Waals surface area contributed by atoms with Crippen LogP contribution in [0.3, 0.4) is 0 Å². The van der Waals surface area contributed by atoms with Gasteiger partial charge in [-0.1, -0.05) is 64.2 Å². The average Bonchev–Trinajstić information content (AvgIpc) is 2.77. The summed E-state index contributed by atoms with van der Waals surface area (Å²) < 4.78 is 18.6. The molecule has 0 aliphatic carbocycles. The van der Waals surface area contributed by atoms with E-state index in [1.165, 1.54) is 28.4 Å². The lowest BCUT2D eigenvalue weighted by Gasteiger charge is -2.12. The molecule has 0 heterocycles. The smallest absolute Gasteiger partial charge is 0.320 e. The molecule has 0 aromatic heterocycles. The van der Waals surface area contributed by atoms with E-state index in [2.05, 4.69) is 18.9 Å². The molecule has 0 saturated carbocycles. The SMILES string of the molecule is COC(=O)C(CCCCCCCCCCCCC(C(=O)OC)C(=O)OC)C(=O)OC. The second kappa shape index (κ2) is 17.7. The van der Waals surface area contributed by atoms with E-state index in [1.54, 1.807) is 0 Å². The highest BCUT2D eigenvalue weighted by atomic mass is 16.5. The lowest BCUT2D eigenvalue weighted by Crippen LogP contribution is -2.26. The number of methoxy groups -OCH3 is 4. The monoisotopic (exact) mass is 430 g/mol. The molecule has 30 heavy (non-hydrogen) atoms. The second-order valence-corrected chi connectivity index (χ2v) is 7.31. The van der Waals surface area contributed by atoms with Crippen LogP contribution in [0.4, 0.5) is 0 Å². The molecule has 0 aromatic carbocycles. The standard InChI is InChI=1S/C22H38O8/c1-27-19(23)17(20(24)28-2)15-13-11-9-7-5-6-8-10-12-14-16-18(21(25)29-3)22(26)30-4/h17-18H,5-16H2,1-4H3. The molecule has 8 heteroatoms. The number of hydrogen-bond donors (Lipinski definition) is 0. The van der Waals surface area contributed by atoms with Crippen LogP contribution in [-0.2, 0) is 38.1 Å². The Morgan fingerprint density at radius 2 is 0.633 bits per heavy atom. The third-order valence-electron chi connectivity index (χ3n) is 5.18. The summed E-state index contributed by atoms with van der Waals surface area (Å²) in [5, 5.41) is 0. The van der Waals surface area contributed by atoms with Crippen LogP contribution in [0.25, 0.3) is 0 Å². The van der Waals surface area contributed by atoms with Gasteiger partial charge >= 0.3 is 23.9 Å². The fraction of sp³-hybridized carbons (Fsp3) is 0.818. The van der Waals surface area contributed by atoms with Crippen molar-refractivity contribution < 1.29 is 38.1 Å². The van der Waals surface area contributed by atoms with Crippen LogP contribution in [0.2, 0.25) is 0 Å². The number of unbranched alkanes of at least 4 members (excludes halogenated alkanes) is 9. The predicted molar refractivity (Wildman–Crippen MR) is 110 cm³/mol. The maximum absolute atomic E-state index is 11.6. The Kier molecular flexibility index (Phi) is 16.5. The van der Waals surface area contributed by atoms with Gasteiger partial charge in [-0.3, -0.25) is 19.2 Å². The van der Waals surface area contributed by atoms with Crippen molar-refractivity contribution >= 4 is 23.9 Å². The summed E-state index contributed by atoms with van der Waals surface area (Å²) in [6.45, 7) is 0.